The molecular formula is C30H35ClN6O3. The van der Waals surface area contributed by atoms with Crippen molar-refractivity contribution in [2.75, 3.05) is 36.4 Å². The number of rotatable bonds is 8. The molecule has 3 aromatic rings. The van der Waals surface area contributed by atoms with Gasteiger partial charge in [0.1, 0.15) is 0 Å². The van der Waals surface area contributed by atoms with Crippen molar-refractivity contribution in [3.63, 3.8) is 0 Å². The summed E-state index contributed by atoms with van der Waals surface area (Å²) in [5.74, 6) is 0.196. The largest absolute Gasteiger partial charge is 0.354 e. The summed E-state index contributed by atoms with van der Waals surface area (Å²) >= 11 is 5.97. The van der Waals surface area contributed by atoms with Crippen LogP contribution in [0.2, 0.25) is 5.02 Å². The van der Waals surface area contributed by atoms with E-state index in [0.717, 1.165) is 36.5 Å². The number of nitrogens with zero attached hydrogens (tertiary/aromatic N) is 3. The number of nitrogens with one attached hydrogen (secondary N) is 3. The average molecular weight is 563 g/mol. The second-order valence-corrected chi connectivity index (χ2v) is 11.3. The van der Waals surface area contributed by atoms with Crippen molar-refractivity contribution in [2.45, 2.75) is 33.6 Å². The molecule has 4 rings (SSSR count). The lowest BCUT2D eigenvalue weighted by atomic mass is 9.95. The zero-order valence-corrected chi connectivity index (χ0v) is 23.8. The first-order valence-electron chi connectivity index (χ1n) is 13.4. The number of aromatic nitrogens is 2. The van der Waals surface area contributed by atoms with Crippen LogP contribution in [-0.2, 0) is 9.59 Å². The molecule has 1 aliphatic rings. The third kappa shape index (κ3) is 7.79. The summed E-state index contributed by atoms with van der Waals surface area (Å²) in [6.45, 7) is 7.52. The summed E-state index contributed by atoms with van der Waals surface area (Å²) in [7, 11) is 0. The van der Waals surface area contributed by atoms with Gasteiger partial charge in [-0.05, 0) is 61.4 Å². The van der Waals surface area contributed by atoms with Crippen LogP contribution >= 0.6 is 11.6 Å². The smallest absolute Gasteiger partial charge is 0.251 e. The molecule has 3 amide bonds. The van der Waals surface area contributed by atoms with Crippen LogP contribution < -0.4 is 20.9 Å². The Hall–Kier alpha value is -3.98. The molecule has 1 unspecified atom stereocenters. The third-order valence-corrected chi connectivity index (χ3v) is 6.95. The van der Waals surface area contributed by atoms with Crippen LogP contribution in [0.5, 0.6) is 0 Å². The van der Waals surface area contributed by atoms with E-state index in [1.807, 2.05) is 57.2 Å². The number of hydrogen-bond acceptors (Lipinski definition) is 6. The average Bonchev–Trinajstić information content (AvgIpc) is 2.95. The first-order chi connectivity index (χ1) is 19.1. The highest BCUT2D eigenvalue weighted by molar-refractivity contribution is 6.30. The second kappa shape index (κ2) is 12.9. The van der Waals surface area contributed by atoms with Crippen LogP contribution in [0.25, 0.3) is 11.3 Å². The molecule has 210 valence electrons. The molecule has 2 heterocycles. The Kier molecular flexibility index (Phi) is 9.37. The molecule has 10 heteroatoms. The number of amides is 3. The lowest BCUT2D eigenvalue weighted by Gasteiger charge is -2.32. The Morgan fingerprint density at radius 3 is 2.27 bits per heavy atom. The van der Waals surface area contributed by atoms with Crippen molar-refractivity contribution in [1.82, 2.24) is 20.8 Å². The van der Waals surface area contributed by atoms with E-state index >= 15 is 0 Å². The summed E-state index contributed by atoms with van der Waals surface area (Å²) in [5, 5.41) is 18.0. The summed E-state index contributed by atoms with van der Waals surface area (Å²) in [4.78, 5) is 39.5. The molecule has 40 heavy (non-hydrogen) atoms. The molecule has 1 aliphatic heterocycles. The van der Waals surface area contributed by atoms with Crippen LogP contribution in [0.4, 0.5) is 11.5 Å². The van der Waals surface area contributed by atoms with Gasteiger partial charge >= 0.3 is 0 Å². The van der Waals surface area contributed by atoms with Gasteiger partial charge in [0.05, 0.1) is 11.6 Å². The molecular weight excluding hydrogens is 528 g/mol. The van der Waals surface area contributed by atoms with Gasteiger partial charge in [0, 0.05) is 53.4 Å². The highest BCUT2D eigenvalue weighted by Gasteiger charge is 2.26. The van der Waals surface area contributed by atoms with Crippen molar-refractivity contribution in [2.24, 2.45) is 11.3 Å². The molecule has 1 saturated heterocycles. The zero-order chi connectivity index (χ0) is 28.7. The van der Waals surface area contributed by atoms with Crippen molar-refractivity contribution in [3.8, 4) is 11.3 Å². The molecule has 0 aliphatic carbocycles. The van der Waals surface area contributed by atoms with E-state index in [1.54, 1.807) is 24.3 Å². The van der Waals surface area contributed by atoms with E-state index in [4.69, 9.17) is 11.6 Å². The van der Waals surface area contributed by atoms with E-state index in [2.05, 4.69) is 31.0 Å². The lowest BCUT2D eigenvalue weighted by molar-refractivity contribution is -0.125. The number of carbonyl (C=O) groups excluding carboxylic acids is 3. The number of carbonyl (C=O) groups is 3. The van der Waals surface area contributed by atoms with Gasteiger partial charge in [-0.1, -0.05) is 44.5 Å². The Labute approximate surface area is 239 Å². The number of benzene rings is 2. The fraction of sp³-hybridized carbons (Fsp3) is 0.367. The number of halogens is 1. The molecule has 1 atom stereocenters. The Morgan fingerprint density at radius 2 is 1.62 bits per heavy atom. The predicted molar refractivity (Wildman–Crippen MR) is 157 cm³/mol. The molecule has 3 N–H and O–H groups in total. The minimum absolute atomic E-state index is 0.0383. The van der Waals surface area contributed by atoms with Crippen molar-refractivity contribution in [1.29, 1.82) is 0 Å². The summed E-state index contributed by atoms with van der Waals surface area (Å²) in [6, 6.07) is 18.0. The second-order valence-electron chi connectivity index (χ2n) is 10.9. The standard InChI is InChI=1S/C30H35ClN6O3/c1-30(2,3)29(40)34-24-12-8-21(9-13-24)27(38)32-16-17-33-28(39)22-5-4-18-37(19-22)26-15-14-25(35-36-26)20-6-10-23(31)11-7-20/h6-15,22H,4-5,16-19H2,1-3H3,(H,32,38)(H,33,39)(H,34,40). The van der Waals surface area contributed by atoms with E-state index in [9.17, 15) is 14.4 Å². The Morgan fingerprint density at radius 1 is 0.925 bits per heavy atom. The van der Waals surface area contributed by atoms with Gasteiger partial charge in [-0.2, -0.15) is 0 Å². The molecule has 0 saturated carbocycles. The fourth-order valence-electron chi connectivity index (χ4n) is 4.30. The summed E-state index contributed by atoms with van der Waals surface area (Å²) < 4.78 is 0. The highest BCUT2D eigenvalue weighted by Crippen LogP contribution is 2.24. The maximum Gasteiger partial charge on any atom is 0.251 e. The van der Waals surface area contributed by atoms with Gasteiger partial charge in [-0.15, -0.1) is 10.2 Å². The fourth-order valence-corrected chi connectivity index (χ4v) is 4.43. The van der Waals surface area contributed by atoms with E-state index < -0.39 is 5.41 Å². The molecule has 0 bridgehead atoms. The normalized spacial score (nSPS) is 15.3. The topological polar surface area (TPSA) is 116 Å². The third-order valence-electron chi connectivity index (χ3n) is 6.70. The SMILES string of the molecule is CC(C)(C)C(=O)Nc1ccc(C(=O)NCCNC(=O)C2CCCN(c3ccc(-c4ccc(Cl)cc4)nn3)C2)cc1. The van der Waals surface area contributed by atoms with Crippen molar-refractivity contribution >= 4 is 40.8 Å². The number of anilines is 2. The lowest BCUT2D eigenvalue weighted by Crippen LogP contribution is -2.45. The number of hydrogen-bond donors (Lipinski definition) is 3. The summed E-state index contributed by atoms with van der Waals surface area (Å²) in [5.41, 5.74) is 2.30. The molecule has 0 radical (unpaired) electrons. The van der Waals surface area contributed by atoms with E-state index in [0.29, 0.717) is 35.9 Å². The zero-order valence-electron chi connectivity index (χ0n) is 23.0. The monoisotopic (exact) mass is 562 g/mol. The molecule has 1 fully saturated rings. The van der Waals surface area contributed by atoms with Gasteiger partial charge in [0.15, 0.2) is 5.82 Å². The molecule has 1 aromatic heterocycles. The van der Waals surface area contributed by atoms with Crippen LogP contribution in [0.1, 0.15) is 44.0 Å². The Balaban J connectivity index is 1.21. The molecule has 9 nitrogen and oxygen atoms in total. The highest BCUT2D eigenvalue weighted by atomic mass is 35.5. The van der Waals surface area contributed by atoms with Crippen LogP contribution in [0, 0.1) is 11.3 Å². The van der Waals surface area contributed by atoms with Crippen molar-refractivity contribution < 1.29 is 14.4 Å². The van der Waals surface area contributed by atoms with Gasteiger partial charge in [0.2, 0.25) is 11.8 Å². The molecule has 0 spiro atoms. The van der Waals surface area contributed by atoms with Crippen LogP contribution in [-0.4, -0.2) is 54.1 Å². The van der Waals surface area contributed by atoms with Gasteiger partial charge in [0.25, 0.3) is 5.91 Å². The van der Waals surface area contributed by atoms with Crippen molar-refractivity contribution in [3.05, 3.63) is 71.2 Å². The van der Waals surface area contributed by atoms with E-state index in [1.165, 1.54) is 0 Å². The maximum atomic E-state index is 12.8. The first kappa shape index (κ1) is 29.0. The minimum Gasteiger partial charge on any atom is -0.354 e. The minimum atomic E-state index is -0.505. The van der Waals surface area contributed by atoms with Gasteiger partial charge in [-0.3, -0.25) is 14.4 Å². The Bertz CT molecular complexity index is 1320. The maximum absolute atomic E-state index is 12.8. The molecule has 2 aromatic carbocycles. The summed E-state index contributed by atoms with van der Waals surface area (Å²) in [6.07, 6.45) is 1.67. The predicted octanol–water partition coefficient (Wildman–Crippen LogP) is 4.54. The first-order valence-corrected chi connectivity index (χ1v) is 13.8. The van der Waals surface area contributed by atoms with Gasteiger partial charge in [-0.25, -0.2) is 0 Å². The van der Waals surface area contributed by atoms with Gasteiger partial charge < -0.3 is 20.9 Å². The number of piperidine rings is 1. The van der Waals surface area contributed by atoms with E-state index in [-0.39, 0.29) is 23.6 Å². The quantitative estimate of drug-likeness (QED) is 0.347. The van der Waals surface area contributed by atoms with Crippen LogP contribution in [0.15, 0.2) is 60.7 Å². The van der Waals surface area contributed by atoms with Crippen LogP contribution in [0.3, 0.4) is 0 Å².